The number of nitrogens with two attached hydrogens (primary N) is 1. The van der Waals surface area contributed by atoms with Crippen LogP contribution in [0.15, 0.2) is 36.4 Å². The lowest BCUT2D eigenvalue weighted by molar-refractivity contribution is 0.413. The number of nitrogens with one attached hydrogen (secondary N) is 1. The van der Waals surface area contributed by atoms with Crippen LogP contribution in [-0.2, 0) is 0 Å². The van der Waals surface area contributed by atoms with Gasteiger partial charge in [0.2, 0.25) is 0 Å². The Labute approximate surface area is 119 Å². The Kier molecular flexibility index (Phi) is 3.15. The van der Waals surface area contributed by atoms with Crippen molar-refractivity contribution in [3.8, 4) is 5.75 Å². The monoisotopic (exact) mass is 289 g/mol. The quantitative estimate of drug-likeness (QED) is 0.721. The molecule has 0 amide bonds. The standard InChI is InChI=1S/C14H12FN3OS/c1-19-12-6-8(15)2-4-10(12)17-14-18-11-5-3-9(16)7-13(11)20-14/h2-7H,16H2,1H3,(H,17,18). The molecule has 0 fully saturated rings. The molecule has 0 radical (unpaired) electrons. The minimum atomic E-state index is -0.343. The number of nitrogen functional groups attached to an aromatic ring is 1. The minimum Gasteiger partial charge on any atom is -0.494 e. The number of thiazole rings is 1. The number of anilines is 3. The Morgan fingerprint density at radius 3 is 2.90 bits per heavy atom. The van der Waals surface area contributed by atoms with Crippen molar-refractivity contribution in [2.24, 2.45) is 0 Å². The summed E-state index contributed by atoms with van der Waals surface area (Å²) in [5, 5.41) is 3.84. The number of ether oxygens (including phenoxy) is 1. The van der Waals surface area contributed by atoms with E-state index in [-0.39, 0.29) is 5.82 Å². The summed E-state index contributed by atoms with van der Waals surface area (Å²) in [5.74, 6) is 0.0910. The first-order chi connectivity index (χ1) is 9.65. The zero-order chi connectivity index (χ0) is 14.1. The van der Waals surface area contributed by atoms with Crippen molar-refractivity contribution < 1.29 is 9.13 Å². The van der Waals surface area contributed by atoms with Gasteiger partial charge in [-0.3, -0.25) is 0 Å². The lowest BCUT2D eigenvalue weighted by Gasteiger charge is -2.08. The molecule has 1 heterocycles. The first-order valence-corrected chi connectivity index (χ1v) is 6.74. The van der Waals surface area contributed by atoms with Crippen LogP contribution in [0.5, 0.6) is 5.75 Å². The number of nitrogens with zero attached hydrogens (tertiary/aromatic N) is 1. The molecule has 0 aliphatic rings. The van der Waals surface area contributed by atoms with Gasteiger partial charge >= 0.3 is 0 Å². The van der Waals surface area contributed by atoms with Gasteiger partial charge in [-0.1, -0.05) is 11.3 Å². The van der Waals surface area contributed by atoms with Crippen LogP contribution in [0, 0.1) is 5.82 Å². The van der Waals surface area contributed by atoms with Gasteiger partial charge in [-0.05, 0) is 30.3 Å². The maximum Gasteiger partial charge on any atom is 0.188 e. The maximum atomic E-state index is 13.2. The van der Waals surface area contributed by atoms with E-state index in [1.807, 2.05) is 18.2 Å². The van der Waals surface area contributed by atoms with Gasteiger partial charge in [0.1, 0.15) is 11.6 Å². The third kappa shape index (κ3) is 2.37. The molecule has 0 saturated heterocycles. The molecule has 0 bridgehead atoms. The van der Waals surface area contributed by atoms with Crippen LogP contribution in [0.2, 0.25) is 0 Å². The van der Waals surface area contributed by atoms with Gasteiger partial charge in [0, 0.05) is 11.8 Å². The number of aromatic nitrogens is 1. The molecule has 20 heavy (non-hydrogen) atoms. The van der Waals surface area contributed by atoms with Crippen LogP contribution >= 0.6 is 11.3 Å². The highest BCUT2D eigenvalue weighted by atomic mass is 32.1. The summed E-state index contributed by atoms with van der Waals surface area (Å²) in [7, 11) is 1.50. The van der Waals surface area contributed by atoms with Crippen LogP contribution in [-0.4, -0.2) is 12.1 Å². The van der Waals surface area contributed by atoms with E-state index in [4.69, 9.17) is 10.5 Å². The second-order valence-electron chi connectivity index (χ2n) is 4.22. The predicted molar refractivity (Wildman–Crippen MR) is 80.3 cm³/mol. The molecular weight excluding hydrogens is 277 g/mol. The Morgan fingerprint density at radius 2 is 2.10 bits per heavy atom. The molecule has 0 aliphatic carbocycles. The zero-order valence-electron chi connectivity index (χ0n) is 10.7. The van der Waals surface area contributed by atoms with Crippen LogP contribution in [0.3, 0.4) is 0 Å². The van der Waals surface area contributed by atoms with Crippen molar-refractivity contribution in [2.45, 2.75) is 0 Å². The largest absolute Gasteiger partial charge is 0.494 e. The zero-order valence-corrected chi connectivity index (χ0v) is 11.5. The molecule has 0 spiro atoms. The van der Waals surface area contributed by atoms with Gasteiger partial charge in [0.05, 0.1) is 23.0 Å². The average Bonchev–Trinajstić information content (AvgIpc) is 2.82. The Balaban J connectivity index is 1.96. The molecule has 0 aliphatic heterocycles. The van der Waals surface area contributed by atoms with Crippen LogP contribution in [0.4, 0.5) is 20.9 Å². The summed E-state index contributed by atoms with van der Waals surface area (Å²) < 4.78 is 19.3. The van der Waals surface area contributed by atoms with Gasteiger partial charge in [-0.2, -0.15) is 0 Å². The molecular formula is C14H12FN3OS. The molecule has 3 aromatic rings. The van der Waals surface area contributed by atoms with Crippen LogP contribution < -0.4 is 15.8 Å². The van der Waals surface area contributed by atoms with E-state index < -0.39 is 0 Å². The average molecular weight is 289 g/mol. The van der Waals surface area contributed by atoms with Crippen molar-refractivity contribution in [3.05, 3.63) is 42.2 Å². The van der Waals surface area contributed by atoms with E-state index in [0.29, 0.717) is 22.3 Å². The highest BCUT2D eigenvalue weighted by Crippen LogP contribution is 2.33. The fourth-order valence-electron chi connectivity index (χ4n) is 1.88. The van der Waals surface area contributed by atoms with E-state index >= 15 is 0 Å². The molecule has 102 valence electrons. The van der Waals surface area contributed by atoms with Gasteiger partial charge in [-0.15, -0.1) is 0 Å². The first-order valence-electron chi connectivity index (χ1n) is 5.92. The van der Waals surface area contributed by atoms with Gasteiger partial charge < -0.3 is 15.8 Å². The first kappa shape index (κ1) is 12.7. The van der Waals surface area contributed by atoms with Crippen LogP contribution in [0.1, 0.15) is 0 Å². The summed E-state index contributed by atoms with van der Waals surface area (Å²) in [6, 6.07) is 9.87. The van der Waals surface area contributed by atoms with E-state index in [9.17, 15) is 4.39 Å². The molecule has 4 nitrogen and oxygen atoms in total. The summed E-state index contributed by atoms with van der Waals surface area (Å²) in [6.45, 7) is 0. The van der Waals surface area contributed by atoms with E-state index in [1.54, 1.807) is 6.07 Å². The van der Waals surface area contributed by atoms with Gasteiger partial charge in [0.25, 0.3) is 0 Å². The summed E-state index contributed by atoms with van der Waals surface area (Å²) in [6.07, 6.45) is 0. The Hall–Kier alpha value is -2.34. The minimum absolute atomic E-state index is 0.343. The van der Waals surface area contributed by atoms with Gasteiger partial charge in [0.15, 0.2) is 5.13 Å². The molecule has 2 aromatic carbocycles. The third-order valence-corrected chi connectivity index (χ3v) is 3.75. The molecule has 0 unspecified atom stereocenters. The summed E-state index contributed by atoms with van der Waals surface area (Å²) in [4.78, 5) is 4.45. The number of hydrogen-bond donors (Lipinski definition) is 2. The highest BCUT2D eigenvalue weighted by Gasteiger charge is 2.08. The highest BCUT2D eigenvalue weighted by molar-refractivity contribution is 7.22. The molecule has 3 N–H and O–H groups in total. The molecule has 6 heteroatoms. The van der Waals surface area contributed by atoms with Crippen molar-refractivity contribution in [1.29, 1.82) is 0 Å². The van der Waals surface area contributed by atoms with E-state index in [1.165, 1.54) is 30.6 Å². The number of rotatable bonds is 3. The number of hydrogen-bond acceptors (Lipinski definition) is 5. The second kappa shape index (κ2) is 4.97. The lowest BCUT2D eigenvalue weighted by Crippen LogP contribution is -1.94. The normalized spacial score (nSPS) is 10.7. The fraction of sp³-hybridized carbons (Fsp3) is 0.0714. The van der Waals surface area contributed by atoms with Crippen molar-refractivity contribution in [2.75, 3.05) is 18.2 Å². The fourth-order valence-corrected chi connectivity index (χ4v) is 2.80. The maximum absolute atomic E-state index is 13.2. The number of benzene rings is 2. The topological polar surface area (TPSA) is 60.2 Å². The SMILES string of the molecule is COc1cc(F)ccc1Nc1nc2ccc(N)cc2s1. The lowest BCUT2D eigenvalue weighted by atomic mass is 10.3. The Morgan fingerprint density at radius 1 is 1.25 bits per heavy atom. The summed E-state index contributed by atoms with van der Waals surface area (Å²) >= 11 is 1.48. The van der Waals surface area contributed by atoms with Gasteiger partial charge in [-0.25, -0.2) is 9.37 Å². The number of fused-ring (bicyclic) bond motifs is 1. The van der Waals surface area contributed by atoms with Crippen molar-refractivity contribution in [1.82, 2.24) is 4.98 Å². The van der Waals surface area contributed by atoms with Crippen molar-refractivity contribution in [3.63, 3.8) is 0 Å². The smallest absolute Gasteiger partial charge is 0.188 e. The number of methoxy groups -OCH3 is 1. The Bertz CT molecular complexity index is 772. The molecule has 0 saturated carbocycles. The van der Waals surface area contributed by atoms with E-state index in [0.717, 1.165) is 10.2 Å². The van der Waals surface area contributed by atoms with Crippen molar-refractivity contribution >= 4 is 38.1 Å². The molecule has 1 aromatic heterocycles. The predicted octanol–water partition coefficient (Wildman–Crippen LogP) is 3.77. The molecule has 0 atom stereocenters. The molecule has 3 rings (SSSR count). The summed E-state index contributed by atoms with van der Waals surface area (Å²) in [5.41, 5.74) is 7.98. The number of halogens is 1. The third-order valence-electron chi connectivity index (χ3n) is 2.82. The second-order valence-corrected chi connectivity index (χ2v) is 5.25. The van der Waals surface area contributed by atoms with Crippen LogP contribution in [0.25, 0.3) is 10.2 Å². The van der Waals surface area contributed by atoms with E-state index in [2.05, 4.69) is 10.3 Å².